The Bertz CT molecular complexity index is 519. The van der Waals surface area contributed by atoms with Crippen LogP contribution in [0.1, 0.15) is 49.0 Å². The van der Waals surface area contributed by atoms with Gasteiger partial charge in [-0.15, -0.1) is 0 Å². The SMILES string of the molecule is Cn1nc(C(=O)NCCNC2CCCCCC2)ccc1=O. The van der Waals surface area contributed by atoms with Crippen LogP contribution in [0.3, 0.4) is 0 Å². The first kappa shape index (κ1) is 15.7. The minimum absolute atomic E-state index is 0.221. The number of rotatable bonds is 5. The van der Waals surface area contributed by atoms with Gasteiger partial charge < -0.3 is 10.6 Å². The molecule has 0 aromatic carbocycles. The van der Waals surface area contributed by atoms with E-state index in [1.165, 1.54) is 62.4 Å². The van der Waals surface area contributed by atoms with Gasteiger partial charge in [0.2, 0.25) is 0 Å². The summed E-state index contributed by atoms with van der Waals surface area (Å²) in [5, 5.41) is 10.2. The van der Waals surface area contributed by atoms with Crippen LogP contribution in [0.4, 0.5) is 0 Å². The Morgan fingerprint density at radius 2 is 1.95 bits per heavy atom. The van der Waals surface area contributed by atoms with E-state index in [0.717, 1.165) is 6.54 Å². The highest BCUT2D eigenvalue weighted by atomic mass is 16.2. The summed E-state index contributed by atoms with van der Waals surface area (Å²) in [5.74, 6) is -0.242. The maximum absolute atomic E-state index is 11.9. The summed E-state index contributed by atoms with van der Waals surface area (Å²) < 4.78 is 1.17. The first-order valence-corrected chi connectivity index (χ1v) is 7.73. The first-order chi connectivity index (χ1) is 10.2. The van der Waals surface area contributed by atoms with Crippen LogP contribution in [0.15, 0.2) is 16.9 Å². The summed E-state index contributed by atoms with van der Waals surface area (Å²) in [4.78, 5) is 23.1. The van der Waals surface area contributed by atoms with E-state index in [1.807, 2.05) is 0 Å². The van der Waals surface area contributed by atoms with Gasteiger partial charge in [-0.25, -0.2) is 4.68 Å². The number of aromatic nitrogens is 2. The molecule has 1 saturated carbocycles. The molecule has 1 amide bonds. The summed E-state index contributed by atoms with van der Waals surface area (Å²) in [7, 11) is 1.53. The van der Waals surface area contributed by atoms with Crippen LogP contribution in [0.2, 0.25) is 0 Å². The summed E-state index contributed by atoms with van der Waals surface area (Å²) >= 11 is 0. The largest absolute Gasteiger partial charge is 0.349 e. The lowest BCUT2D eigenvalue weighted by atomic mass is 10.1. The average molecular weight is 292 g/mol. The molecule has 2 rings (SSSR count). The Kier molecular flexibility index (Phi) is 5.92. The summed E-state index contributed by atoms with van der Waals surface area (Å²) in [5.41, 5.74) is 0.0492. The lowest BCUT2D eigenvalue weighted by molar-refractivity contribution is 0.0946. The minimum Gasteiger partial charge on any atom is -0.349 e. The summed E-state index contributed by atoms with van der Waals surface area (Å²) in [6, 6.07) is 3.39. The monoisotopic (exact) mass is 292 g/mol. The van der Waals surface area contributed by atoms with Gasteiger partial charge in [0.1, 0.15) is 5.69 Å². The molecule has 1 heterocycles. The number of hydrogen-bond donors (Lipinski definition) is 2. The molecule has 0 radical (unpaired) electrons. The van der Waals surface area contributed by atoms with Gasteiger partial charge in [0.25, 0.3) is 11.5 Å². The second-order valence-corrected chi connectivity index (χ2v) is 5.58. The van der Waals surface area contributed by atoms with Crippen molar-refractivity contribution in [1.82, 2.24) is 20.4 Å². The Morgan fingerprint density at radius 1 is 1.24 bits per heavy atom. The zero-order chi connectivity index (χ0) is 15.1. The highest BCUT2D eigenvalue weighted by molar-refractivity contribution is 5.91. The average Bonchev–Trinajstić information content (AvgIpc) is 2.75. The molecule has 0 aliphatic heterocycles. The number of aryl methyl sites for hydroxylation is 1. The molecule has 0 atom stereocenters. The minimum atomic E-state index is -0.242. The van der Waals surface area contributed by atoms with E-state index in [-0.39, 0.29) is 17.2 Å². The quantitative estimate of drug-likeness (QED) is 0.622. The second-order valence-electron chi connectivity index (χ2n) is 5.58. The third-order valence-electron chi connectivity index (χ3n) is 3.89. The maximum atomic E-state index is 11.9. The van der Waals surface area contributed by atoms with Crippen LogP contribution in [0, 0.1) is 0 Å². The second kappa shape index (κ2) is 7.93. The van der Waals surface area contributed by atoms with Crippen molar-refractivity contribution in [2.45, 2.75) is 44.6 Å². The van der Waals surface area contributed by atoms with Gasteiger partial charge in [-0.1, -0.05) is 25.7 Å². The van der Waals surface area contributed by atoms with Crippen LogP contribution in [0.25, 0.3) is 0 Å². The number of nitrogens with one attached hydrogen (secondary N) is 2. The van der Waals surface area contributed by atoms with Crippen molar-refractivity contribution in [3.8, 4) is 0 Å². The topological polar surface area (TPSA) is 76.0 Å². The van der Waals surface area contributed by atoms with Crippen molar-refractivity contribution in [1.29, 1.82) is 0 Å². The van der Waals surface area contributed by atoms with Gasteiger partial charge in [0.05, 0.1) is 0 Å². The molecule has 6 heteroatoms. The normalized spacial score (nSPS) is 16.4. The van der Waals surface area contributed by atoms with Crippen molar-refractivity contribution in [3.05, 3.63) is 28.2 Å². The van der Waals surface area contributed by atoms with Crippen molar-refractivity contribution >= 4 is 5.91 Å². The van der Waals surface area contributed by atoms with Crippen LogP contribution in [0.5, 0.6) is 0 Å². The number of carbonyl (C=O) groups is 1. The molecule has 6 nitrogen and oxygen atoms in total. The molecule has 1 aromatic rings. The van der Waals surface area contributed by atoms with Gasteiger partial charge in [0.15, 0.2) is 0 Å². The Hall–Kier alpha value is -1.69. The fourth-order valence-corrected chi connectivity index (χ4v) is 2.65. The molecule has 2 N–H and O–H groups in total. The number of amides is 1. The molecule has 0 bridgehead atoms. The van der Waals surface area contributed by atoms with Crippen molar-refractivity contribution < 1.29 is 4.79 Å². The summed E-state index contributed by atoms with van der Waals surface area (Å²) in [6.07, 6.45) is 7.74. The van der Waals surface area contributed by atoms with Crippen molar-refractivity contribution in [3.63, 3.8) is 0 Å². The molecular weight excluding hydrogens is 268 g/mol. The Balaban J connectivity index is 1.71. The smallest absolute Gasteiger partial charge is 0.271 e. The third kappa shape index (κ3) is 4.97. The number of hydrogen-bond acceptors (Lipinski definition) is 4. The Morgan fingerprint density at radius 3 is 2.62 bits per heavy atom. The van der Waals surface area contributed by atoms with E-state index in [9.17, 15) is 9.59 Å². The summed E-state index contributed by atoms with van der Waals surface area (Å²) in [6.45, 7) is 1.34. The molecule has 0 saturated heterocycles. The zero-order valence-corrected chi connectivity index (χ0v) is 12.6. The maximum Gasteiger partial charge on any atom is 0.271 e. The molecule has 0 spiro atoms. The fraction of sp³-hybridized carbons (Fsp3) is 0.667. The molecule has 0 unspecified atom stereocenters. The van der Waals surface area contributed by atoms with E-state index in [4.69, 9.17) is 0 Å². The van der Waals surface area contributed by atoms with Gasteiger partial charge in [-0.05, 0) is 18.9 Å². The van der Waals surface area contributed by atoms with E-state index >= 15 is 0 Å². The third-order valence-corrected chi connectivity index (χ3v) is 3.89. The molecule has 1 aromatic heterocycles. The van der Waals surface area contributed by atoms with Crippen molar-refractivity contribution in [2.24, 2.45) is 7.05 Å². The first-order valence-electron chi connectivity index (χ1n) is 7.73. The predicted octanol–water partition coefficient (Wildman–Crippen LogP) is 0.822. The van der Waals surface area contributed by atoms with E-state index in [0.29, 0.717) is 12.6 Å². The molecule has 1 fully saturated rings. The molecule has 1 aliphatic carbocycles. The van der Waals surface area contributed by atoms with Gasteiger partial charge in [0, 0.05) is 32.2 Å². The molecular formula is C15H24N4O2. The number of carbonyl (C=O) groups excluding carboxylic acids is 1. The van der Waals surface area contributed by atoms with Crippen LogP contribution >= 0.6 is 0 Å². The molecule has 1 aliphatic rings. The van der Waals surface area contributed by atoms with Crippen LogP contribution in [-0.2, 0) is 7.05 Å². The fourth-order valence-electron chi connectivity index (χ4n) is 2.65. The lowest BCUT2D eigenvalue weighted by Gasteiger charge is -2.16. The number of nitrogens with zero attached hydrogens (tertiary/aromatic N) is 2. The Labute approximate surface area is 124 Å². The van der Waals surface area contributed by atoms with Crippen LogP contribution in [-0.4, -0.2) is 34.8 Å². The predicted molar refractivity (Wildman–Crippen MR) is 81.3 cm³/mol. The molecule has 21 heavy (non-hydrogen) atoms. The van der Waals surface area contributed by atoms with Crippen molar-refractivity contribution in [2.75, 3.05) is 13.1 Å². The van der Waals surface area contributed by atoms with E-state index < -0.39 is 0 Å². The highest BCUT2D eigenvalue weighted by Gasteiger charge is 2.12. The highest BCUT2D eigenvalue weighted by Crippen LogP contribution is 2.16. The van der Waals surface area contributed by atoms with E-state index in [1.54, 1.807) is 0 Å². The van der Waals surface area contributed by atoms with E-state index in [2.05, 4.69) is 15.7 Å². The zero-order valence-electron chi connectivity index (χ0n) is 12.6. The van der Waals surface area contributed by atoms with Crippen LogP contribution < -0.4 is 16.2 Å². The van der Waals surface area contributed by atoms with Gasteiger partial charge in [-0.3, -0.25) is 9.59 Å². The van der Waals surface area contributed by atoms with Gasteiger partial charge in [-0.2, -0.15) is 5.10 Å². The molecule has 116 valence electrons. The standard InChI is InChI=1S/C15H24N4O2/c1-19-14(20)9-8-13(18-19)15(21)17-11-10-16-12-6-4-2-3-5-7-12/h8-9,12,16H,2-7,10-11H2,1H3,(H,17,21). The van der Waals surface area contributed by atoms with Gasteiger partial charge >= 0.3 is 0 Å². The lowest BCUT2D eigenvalue weighted by Crippen LogP contribution is -2.37.